The molecule has 0 spiro atoms. The quantitative estimate of drug-likeness (QED) is 0.128. The Hall–Kier alpha value is -3.98. The van der Waals surface area contributed by atoms with Crippen LogP contribution in [0.5, 0.6) is 0 Å². The number of halogens is 6. The number of nitrogens with zero attached hydrogens (tertiary/aromatic N) is 4. The Labute approximate surface area is 349 Å². The first kappa shape index (κ1) is 49.4. The number of imidazole rings is 2. The van der Waals surface area contributed by atoms with E-state index in [2.05, 4.69) is 0 Å². The predicted molar refractivity (Wildman–Crippen MR) is 203 cm³/mol. The molecular formula is C40H51F6LiN4O8. The molecule has 2 saturated carbocycles. The molecule has 3 aliphatic rings. The van der Waals surface area contributed by atoms with Crippen molar-refractivity contribution in [1.29, 1.82) is 0 Å². The van der Waals surface area contributed by atoms with Crippen molar-refractivity contribution in [3.63, 3.8) is 0 Å². The zero-order valence-electron chi connectivity index (χ0n) is 33.9. The summed E-state index contributed by atoms with van der Waals surface area (Å²) in [6, 6.07) is 6.68. The second-order valence-electron chi connectivity index (χ2n) is 15.1. The number of alkyl halides is 6. The van der Waals surface area contributed by atoms with E-state index in [4.69, 9.17) is 19.7 Å². The smallest absolute Gasteiger partial charge is 0.481 e. The first-order chi connectivity index (χ1) is 26.8. The minimum atomic E-state index is -4.47. The minimum absolute atomic E-state index is 0. The molecule has 4 aromatic rings. The third-order valence-corrected chi connectivity index (χ3v) is 11.3. The number of aromatic nitrogens is 4. The number of carboxylic acid groups (broad SMARTS) is 1. The van der Waals surface area contributed by atoms with Crippen LogP contribution in [0.1, 0.15) is 75.3 Å². The van der Waals surface area contributed by atoms with Gasteiger partial charge >= 0.3 is 54.5 Å². The number of aliphatic carboxylic acids is 1. The number of benzene rings is 2. The zero-order chi connectivity index (χ0) is 41.8. The molecule has 1 atom stereocenters. The number of fused-ring (bicyclic) bond motifs is 2. The van der Waals surface area contributed by atoms with Gasteiger partial charge in [-0.05, 0) is 106 Å². The molecule has 3 fully saturated rings. The van der Waals surface area contributed by atoms with Crippen molar-refractivity contribution in [1.82, 2.24) is 18.3 Å². The summed E-state index contributed by atoms with van der Waals surface area (Å²) in [5.41, 5.74) is -0.731. The number of aliphatic hydroxyl groups is 1. The molecule has 2 aliphatic carbocycles. The molecule has 2 N–H and O–H groups in total. The van der Waals surface area contributed by atoms with Gasteiger partial charge < -0.3 is 27.1 Å². The summed E-state index contributed by atoms with van der Waals surface area (Å²) in [6.07, 6.45) is -2.35. The van der Waals surface area contributed by atoms with E-state index >= 15 is 0 Å². The van der Waals surface area contributed by atoms with E-state index in [1.165, 1.54) is 44.6 Å². The number of aliphatic hydroxyl groups excluding tert-OH is 1. The van der Waals surface area contributed by atoms with Gasteiger partial charge in [0.2, 0.25) is 0 Å². The molecule has 2 aromatic carbocycles. The SMILES string of the molecule is COC(=O)C1CCC(Cn2c(=O)n(C)c3ccc(C(F)(F)F)cc32)CC1.Cn1c(=O)n(CC2CCC(C(=O)O)CC2)c2cc(C(F)(F)F)ccc21.OC1CCCO1.[CH3-].[Li+]. The predicted octanol–water partition coefficient (Wildman–Crippen LogP) is 4.16. The number of carboxylic acids is 1. The Bertz CT molecular complexity index is 2150. The second kappa shape index (κ2) is 20.5. The van der Waals surface area contributed by atoms with Gasteiger partial charge in [0.25, 0.3) is 0 Å². The van der Waals surface area contributed by atoms with Crippen molar-refractivity contribution < 1.29 is 74.5 Å². The number of carbonyl (C=O) groups excluding carboxylic acids is 1. The second-order valence-corrected chi connectivity index (χ2v) is 15.1. The Balaban J connectivity index is 0.000000268. The summed E-state index contributed by atoms with van der Waals surface area (Å²) in [4.78, 5) is 47.6. The summed E-state index contributed by atoms with van der Waals surface area (Å²) < 4.78 is 93.0. The molecule has 1 unspecified atom stereocenters. The molecule has 3 heterocycles. The molecule has 0 radical (unpaired) electrons. The molecule has 12 nitrogen and oxygen atoms in total. The Morgan fingerprint density at radius 2 is 1.12 bits per heavy atom. The van der Waals surface area contributed by atoms with Crippen LogP contribution in [0.15, 0.2) is 46.0 Å². The van der Waals surface area contributed by atoms with Gasteiger partial charge in [-0.1, -0.05) is 0 Å². The molecule has 2 aromatic heterocycles. The molecular weight excluding hydrogens is 785 g/mol. The van der Waals surface area contributed by atoms with Crippen LogP contribution in [0.2, 0.25) is 0 Å². The van der Waals surface area contributed by atoms with Crippen molar-refractivity contribution in [2.24, 2.45) is 37.8 Å². The van der Waals surface area contributed by atoms with E-state index in [9.17, 15) is 45.5 Å². The van der Waals surface area contributed by atoms with E-state index in [0.717, 1.165) is 56.6 Å². The fourth-order valence-electron chi connectivity index (χ4n) is 7.94. The maximum Gasteiger partial charge on any atom is 1.00 e. The van der Waals surface area contributed by atoms with Crippen molar-refractivity contribution in [2.75, 3.05) is 13.7 Å². The standard InChI is InChI=1S/C18H21F3N2O3.C17H19F3N2O3.C4H8O2.CH3.Li/c1-22-14-8-7-13(18(19,20)21)9-15(14)23(17(22)25)10-11-3-5-12(6-4-11)16(24)26-2;1-21-13-7-6-12(17(18,19)20)8-14(13)22(16(21)25)9-10-2-4-11(5-3-10)15(23)24;5-4-2-1-3-6-4;;/h7-9,11-12H,3-6,10H2,1-2H3;6-8,10-11H,2-5,9H2,1H3,(H,23,24);4-5H,1-3H2;1H3;/q;;;-1;+1. The maximum absolute atomic E-state index is 13.0. The summed E-state index contributed by atoms with van der Waals surface area (Å²) in [5, 5.41) is 17.6. The Morgan fingerprint density at radius 1 is 0.712 bits per heavy atom. The molecule has 1 saturated heterocycles. The van der Waals surface area contributed by atoms with Gasteiger partial charge in [0.1, 0.15) is 0 Å². The van der Waals surface area contributed by atoms with Crippen molar-refractivity contribution in [3.05, 3.63) is 75.9 Å². The number of aryl methyl sites for hydroxylation is 2. The zero-order valence-corrected chi connectivity index (χ0v) is 33.9. The number of hydrogen-bond acceptors (Lipinski definition) is 7. The number of esters is 1. The van der Waals surface area contributed by atoms with Crippen LogP contribution in [-0.4, -0.2) is 60.4 Å². The van der Waals surface area contributed by atoms with E-state index in [-0.39, 0.29) is 72.8 Å². The molecule has 0 bridgehead atoms. The summed E-state index contributed by atoms with van der Waals surface area (Å²) in [5.74, 6) is -1.28. The van der Waals surface area contributed by atoms with E-state index in [1.54, 1.807) is 7.05 Å². The van der Waals surface area contributed by atoms with Gasteiger partial charge in [0.05, 0.1) is 52.1 Å². The number of ether oxygens (including phenoxy) is 2. The van der Waals surface area contributed by atoms with Gasteiger partial charge in [-0.3, -0.25) is 27.9 Å². The normalized spacial score (nSPS) is 22.0. The largest absolute Gasteiger partial charge is 1.00 e. The molecule has 59 heavy (non-hydrogen) atoms. The van der Waals surface area contributed by atoms with Gasteiger partial charge in [-0.15, -0.1) is 0 Å². The van der Waals surface area contributed by atoms with Crippen LogP contribution < -0.4 is 30.2 Å². The summed E-state index contributed by atoms with van der Waals surface area (Å²) in [6.45, 7) is 1.40. The monoisotopic (exact) mass is 836 g/mol. The fourth-order valence-corrected chi connectivity index (χ4v) is 7.94. The molecule has 7 rings (SSSR count). The molecule has 0 amide bonds. The van der Waals surface area contributed by atoms with Crippen molar-refractivity contribution >= 4 is 34.0 Å². The average molecular weight is 837 g/mol. The number of carbonyl (C=O) groups is 2. The van der Waals surface area contributed by atoms with Gasteiger partial charge in [-0.25, -0.2) is 9.59 Å². The average Bonchev–Trinajstić information content (AvgIpc) is 3.82. The maximum atomic E-state index is 13.0. The van der Waals surface area contributed by atoms with Crippen molar-refractivity contribution in [3.8, 4) is 0 Å². The van der Waals surface area contributed by atoms with Crippen molar-refractivity contribution in [2.45, 2.75) is 95.9 Å². The topological polar surface area (TPSA) is 147 Å². The first-order valence-corrected chi connectivity index (χ1v) is 18.9. The van der Waals surface area contributed by atoms with Crippen LogP contribution in [0.4, 0.5) is 26.3 Å². The van der Waals surface area contributed by atoms with Gasteiger partial charge in [0, 0.05) is 40.2 Å². The number of rotatable bonds is 6. The van der Waals surface area contributed by atoms with Gasteiger partial charge in [-0.2, -0.15) is 26.3 Å². The van der Waals surface area contributed by atoms with Crippen LogP contribution >= 0.6 is 0 Å². The number of hydrogen-bond donors (Lipinski definition) is 2. The molecule has 322 valence electrons. The molecule has 19 heteroatoms. The molecule has 1 aliphatic heterocycles. The first-order valence-electron chi connectivity index (χ1n) is 18.9. The van der Waals surface area contributed by atoms with Crippen LogP contribution in [-0.2, 0) is 58.6 Å². The van der Waals surface area contributed by atoms with Crippen LogP contribution in [0.3, 0.4) is 0 Å². The Kier molecular flexibility index (Phi) is 17.2. The van der Waals surface area contributed by atoms with E-state index in [1.807, 2.05) is 0 Å². The third-order valence-electron chi connectivity index (χ3n) is 11.3. The summed E-state index contributed by atoms with van der Waals surface area (Å²) >= 11 is 0. The Morgan fingerprint density at radius 3 is 1.42 bits per heavy atom. The van der Waals surface area contributed by atoms with E-state index in [0.29, 0.717) is 68.2 Å². The number of methoxy groups -OCH3 is 1. The van der Waals surface area contributed by atoms with Crippen LogP contribution in [0, 0.1) is 31.1 Å². The summed E-state index contributed by atoms with van der Waals surface area (Å²) in [7, 11) is 4.46. The van der Waals surface area contributed by atoms with Gasteiger partial charge in [0.15, 0.2) is 6.29 Å². The minimum Gasteiger partial charge on any atom is -0.481 e. The fraction of sp³-hybridized carbons (Fsp3) is 0.575. The third kappa shape index (κ3) is 11.9. The van der Waals surface area contributed by atoms with E-state index < -0.39 is 35.7 Å². The van der Waals surface area contributed by atoms with Crippen LogP contribution in [0.25, 0.3) is 22.1 Å².